The number of hydrogen-bond acceptors (Lipinski definition) is 7. The summed E-state index contributed by atoms with van der Waals surface area (Å²) in [6, 6.07) is 3.45. The van der Waals surface area contributed by atoms with Gasteiger partial charge in [0.2, 0.25) is 11.8 Å². The quantitative estimate of drug-likeness (QED) is 0.256. The minimum Gasteiger partial charge on any atom is -0.325 e. The summed E-state index contributed by atoms with van der Waals surface area (Å²) in [6.07, 6.45) is 10.5. The van der Waals surface area contributed by atoms with E-state index in [2.05, 4.69) is 69.7 Å². The van der Waals surface area contributed by atoms with E-state index < -0.39 is 0 Å². The minimum atomic E-state index is -0.250. The number of aryl methyl sites for hydroxylation is 2. The zero-order valence-corrected chi connectivity index (χ0v) is 24.2. The molecule has 4 aromatic heterocycles. The third-order valence-corrected chi connectivity index (χ3v) is 7.35. The van der Waals surface area contributed by atoms with Gasteiger partial charge in [0.25, 0.3) is 0 Å². The van der Waals surface area contributed by atoms with Gasteiger partial charge < -0.3 is 10.2 Å². The maximum absolute atomic E-state index is 13.1. The molecule has 37 heavy (non-hydrogen) atoms. The lowest BCUT2D eigenvalue weighted by molar-refractivity contribution is -0.118. The molecule has 4 aromatic rings. The summed E-state index contributed by atoms with van der Waals surface area (Å²) >= 11 is 11.4. The molecule has 0 aliphatic heterocycles. The van der Waals surface area contributed by atoms with E-state index in [4.69, 9.17) is 0 Å². The molecule has 192 valence electrons. The fourth-order valence-corrected chi connectivity index (χ4v) is 5.09. The Hall–Kier alpha value is -3.03. The molecule has 1 N–H and O–H groups in total. The molecule has 2 amide bonds. The van der Waals surface area contributed by atoms with Gasteiger partial charge in [-0.1, -0.05) is 0 Å². The summed E-state index contributed by atoms with van der Waals surface area (Å²) in [5, 5.41) is 2.92. The van der Waals surface area contributed by atoms with Crippen LogP contribution in [0.15, 0.2) is 58.3 Å². The van der Waals surface area contributed by atoms with Crippen molar-refractivity contribution in [1.29, 1.82) is 0 Å². The summed E-state index contributed by atoms with van der Waals surface area (Å²) in [4.78, 5) is 44.9. The van der Waals surface area contributed by atoms with Crippen molar-refractivity contribution < 1.29 is 9.59 Å². The Bertz CT molecular complexity index is 1440. The molecule has 0 aliphatic carbocycles. The van der Waals surface area contributed by atoms with Crippen molar-refractivity contribution in [2.24, 2.45) is 0 Å². The van der Waals surface area contributed by atoms with Gasteiger partial charge in [-0.3, -0.25) is 18.7 Å². The van der Waals surface area contributed by atoms with Crippen LogP contribution < -0.4 is 10.2 Å². The predicted molar refractivity (Wildman–Crippen MR) is 152 cm³/mol. The number of carbonyl (C=O) groups is 2. The molecular weight excluding hydrogens is 624 g/mol. The number of aromatic nitrogens is 6. The summed E-state index contributed by atoms with van der Waals surface area (Å²) in [6.45, 7) is 3.90. The Morgan fingerprint density at radius 1 is 0.892 bits per heavy atom. The van der Waals surface area contributed by atoms with Gasteiger partial charge in [-0.2, -0.15) is 12.6 Å². The summed E-state index contributed by atoms with van der Waals surface area (Å²) in [7, 11) is 0. The average Bonchev–Trinajstić information content (AvgIpc) is 3.49. The van der Waals surface area contributed by atoms with Gasteiger partial charge in [0.05, 0.1) is 20.3 Å². The van der Waals surface area contributed by atoms with Crippen LogP contribution in [0.3, 0.4) is 0 Å². The van der Waals surface area contributed by atoms with Crippen molar-refractivity contribution in [3.05, 3.63) is 69.9 Å². The SMILES string of the molecule is Cc1nccn1-c1nccc(NC(=O)CCN(C(=O)CCS)c2ccnc(-n3ccnc3C)c2Br)c1Br. The second-order valence-corrected chi connectivity index (χ2v) is 10.0. The number of anilines is 2. The third-order valence-electron chi connectivity index (χ3n) is 5.58. The van der Waals surface area contributed by atoms with Crippen LogP contribution in [0, 0.1) is 13.8 Å². The van der Waals surface area contributed by atoms with E-state index in [0.29, 0.717) is 37.7 Å². The van der Waals surface area contributed by atoms with E-state index in [0.717, 1.165) is 11.6 Å². The number of pyridine rings is 2. The lowest BCUT2D eigenvalue weighted by Crippen LogP contribution is -2.34. The molecule has 13 heteroatoms. The molecule has 0 radical (unpaired) electrons. The zero-order chi connectivity index (χ0) is 26.5. The summed E-state index contributed by atoms with van der Waals surface area (Å²) in [5.41, 5.74) is 1.18. The van der Waals surface area contributed by atoms with Gasteiger partial charge in [-0.05, 0) is 63.6 Å². The Balaban J connectivity index is 1.54. The van der Waals surface area contributed by atoms with E-state index in [1.165, 1.54) is 0 Å². The minimum absolute atomic E-state index is 0.0701. The highest BCUT2D eigenvalue weighted by Gasteiger charge is 2.22. The monoisotopic (exact) mass is 646 g/mol. The topological polar surface area (TPSA) is 111 Å². The lowest BCUT2D eigenvalue weighted by Gasteiger charge is -2.25. The third kappa shape index (κ3) is 5.94. The molecular formula is C24H24Br2N8O2S. The van der Waals surface area contributed by atoms with Gasteiger partial charge in [-0.25, -0.2) is 19.9 Å². The highest BCUT2D eigenvalue weighted by atomic mass is 79.9. The van der Waals surface area contributed by atoms with Crippen LogP contribution in [0.5, 0.6) is 0 Å². The van der Waals surface area contributed by atoms with Crippen molar-refractivity contribution in [3.8, 4) is 11.6 Å². The van der Waals surface area contributed by atoms with E-state index in [-0.39, 0.29) is 31.2 Å². The molecule has 0 unspecified atom stereocenters. The first kappa shape index (κ1) is 27.0. The molecule has 0 fully saturated rings. The molecule has 0 aromatic carbocycles. The van der Waals surface area contributed by atoms with Gasteiger partial charge in [-0.15, -0.1) is 0 Å². The van der Waals surface area contributed by atoms with Crippen molar-refractivity contribution >= 4 is 67.7 Å². The Morgan fingerprint density at radius 2 is 1.49 bits per heavy atom. The lowest BCUT2D eigenvalue weighted by atomic mass is 10.2. The van der Waals surface area contributed by atoms with Crippen molar-refractivity contribution in [2.75, 3.05) is 22.5 Å². The van der Waals surface area contributed by atoms with Crippen LogP contribution in [-0.4, -0.2) is 53.2 Å². The number of nitrogens with zero attached hydrogens (tertiary/aromatic N) is 7. The Labute approximate surface area is 236 Å². The molecule has 0 saturated heterocycles. The fourth-order valence-electron chi connectivity index (χ4n) is 3.74. The van der Waals surface area contributed by atoms with Crippen LogP contribution in [-0.2, 0) is 9.59 Å². The molecule has 0 bridgehead atoms. The highest BCUT2D eigenvalue weighted by molar-refractivity contribution is 9.11. The van der Waals surface area contributed by atoms with Crippen LogP contribution >= 0.6 is 44.5 Å². The van der Waals surface area contributed by atoms with Gasteiger partial charge >= 0.3 is 0 Å². The molecule has 0 saturated carbocycles. The maximum atomic E-state index is 13.1. The number of rotatable bonds is 9. The number of imidazole rings is 2. The Morgan fingerprint density at radius 3 is 2.05 bits per heavy atom. The fraction of sp³-hybridized carbons (Fsp3) is 0.250. The van der Waals surface area contributed by atoms with Crippen LogP contribution in [0.4, 0.5) is 11.4 Å². The summed E-state index contributed by atoms with van der Waals surface area (Å²) < 4.78 is 4.89. The summed E-state index contributed by atoms with van der Waals surface area (Å²) in [5.74, 6) is 2.73. The van der Waals surface area contributed by atoms with Crippen molar-refractivity contribution in [3.63, 3.8) is 0 Å². The standard InChI is InChI=1S/C24H24Br2N8O2S/c1-15-27-9-12-32(15)23-21(25)17(3-7-29-23)31-19(35)5-11-34(20(36)6-14-37)18-4-8-30-24(22(18)26)33-13-10-28-16(33)2/h3-4,7-10,12-13,37H,5-6,11,14H2,1-2H3,(H,29,31,35). The molecule has 4 rings (SSSR count). The molecule has 10 nitrogen and oxygen atoms in total. The molecule has 4 heterocycles. The highest BCUT2D eigenvalue weighted by Crippen LogP contribution is 2.32. The number of nitrogens with one attached hydrogen (secondary N) is 1. The van der Waals surface area contributed by atoms with E-state index in [9.17, 15) is 9.59 Å². The van der Waals surface area contributed by atoms with Crippen molar-refractivity contribution in [1.82, 2.24) is 29.1 Å². The van der Waals surface area contributed by atoms with Gasteiger partial charge in [0.1, 0.15) is 11.6 Å². The number of hydrogen-bond donors (Lipinski definition) is 2. The van der Waals surface area contributed by atoms with E-state index >= 15 is 0 Å². The number of carbonyl (C=O) groups excluding carboxylic acids is 2. The van der Waals surface area contributed by atoms with Crippen LogP contribution in [0.25, 0.3) is 11.6 Å². The first-order chi connectivity index (χ1) is 17.8. The predicted octanol–water partition coefficient (Wildman–Crippen LogP) is 4.67. The van der Waals surface area contributed by atoms with E-state index in [1.807, 2.05) is 23.0 Å². The first-order valence-corrected chi connectivity index (χ1v) is 13.5. The van der Waals surface area contributed by atoms with Crippen molar-refractivity contribution in [2.45, 2.75) is 26.7 Å². The zero-order valence-electron chi connectivity index (χ0n) is 20.1. The van der Waals surface area contributed by atoms with Crippen LogP contribution in [0.1, 0.15) is 24.5 Å². The number of amides is 2. The molecule has 0 spiro atoms. The van der Waals surface area contributed by atoms with Crippen LogP contribution in [0.2, 0.25) is 0 Å². The Kier molecular flexibility index (Phi) is 8.77. The van der Waals surface area contributed by atoms with Gasteiger partial charge in [0.15, 0.2) is 11.6 Å². The number of halogens is 2. The number of thiol groups is 1. The second kappa shape index (κ2) is 12.0. The largest absolute Gasteiger partial charge is 0.325 e. The average molecular weight is 648 g/mol. The first-order valence-electron chi connectivity index (χ1n) is 11.3. The second-order valence-electron chi connectivity index (χ2n) is 7.97. The van der Waals surface area contributed by atoms with Gasteiger partial charge in [0, 0.05) is 56.6 Å². The maximum Gasteiger partial charge on any atom is 0.227 e. The molecule has 0 aliphatic rings. The van der Waals surface area contributed by atoms with E-state index in [1.54, 1.807) is 54.2 Å². The molecule has 0 atom stereocenters. The normalized spacial score (nSPS) is 10.9. The smallest absolute Gasteiger partial charge is 0.227 e.